The average molecular weight is 290 g/mol. The van der Waals surface area contributed by atoms with Gasteiger partial charge in [0, 0.05) is 32.3 Å². The van der Waals surface area contributed by atoms with E-state index >= 15 is 0 Å². The molecule has 1 fully saturated rings. The fraction of sp³-hybridized carbons (Fsp3) is 0.667. The Morgan fingerprint density at radius 3 is 2.67 bits per heavy atom. The summed E-state index contributed by atoms with van der Waals surface area (Å²) in [4.78, 5) is 30.1. The van der Waals surface area contributed by atoms with Gasteiger partial charge in [0.2, 0.25) is 5.91 Å². The number of nitrogens with one attached hydrogen (secondary N) is 1. The molecule has 1 aliphatic carbocycles. The topological polar surface area (TPSA) is 67.2 Å². The molecule has 0 spiro atoms. The van der Waals surface area contributed by atoms with E-state index < -0.39 is 0 Å². The van der Waals surface area contributed by atoms with Crippen LogP contribution >= 0.6 is 0 Å². The van der Waals surface area contributed by atoms with Crippen LogP contribution in [-0.4, -0.2) is 38.9 Å². The first-order valence-electron chi connectivity index (χ1n) is 7.71. The summed E-state index contributed by atoms with van der Waals surface area (Å²) >= 11 is 0. The third-order valence-corrected chi connectivity index (χ3v) is 4.56. The molecule has 1 aromatic rings. The highest BCUT2D eigenvalue weighted by atomic mass is 16.2. The van der Waals surface area contributed by atoms with Crippen molar-refractivity contribution in [2.45, 2.75) is 58.2 Å². The molecular weight excluding hydrogens is 268 g/mol. The van der Waals surface area contributed by atoms with Crippen molar-refractivity contribution in [2.24, 2.45) is 0 Å². The highest BCUT2D eigenvalue weighted by Crippen LogP contribution is 2.25. The third-order valence-electron chi connectivity index (χ3n) is 4.56. The SMILES string of the molecule is CC(=O)N1CCn2cc(C(=O)NC3CCCC3)nc2[C@H]1C. The van der Waals surface area contributed by atoms with E-state index in [-0.39, 0.29) is 17.9 Å². The van der Waals surface area contributed by atoms with Crippen LogP contribution in [0.3, 0.4) is 0 Å². The number of rotatable bonds is 2. The molecule has 0 saturated heterocycles. The van der Waals surface area contributed by atoms with E-state index in [1.165, 1.54) is 12.8 Å². The van der Waals surface area contributed by atoms with E-state index in [2.05, 4.69) is 10.3 Å². The van der Waals surface area contributed by atoms with E-state index in [4.69, 9.17) is 0 Å². The number of nitrogens with zero attached hydrogens (tertiary/aromatic N) is 3. The number of carbonyl (C=O) groups is 2. The third kappa shape index (κ3) is 2.66. The molecule has 1 aliphatic heterocycles. The maximum Gasteiger partial charge on any atom is 0.271 e. The van der Waals surface area contributed by atoms with Gasteiger partial charge in [-0.15, -0.1) is 0 Å². The van der Waals surface area contributed by atoms with Crippen molar-refractivity contribution in [3.05, 3.63) is 17.7 Å². The number of carbonyl (C=O) groups excluding carboxylic acids is 2. The van der Waals surface area contributed by atoms with Crippen molar-refractivity contribution in [3.63, 3.8) is 0 Å². The molecule has 2 amide bonds. The van der Waals surface area contributed by atoms with E-state index in [9.17, 15) is 9.59 Å². The minimum Gasteiger partial charge on any atom is -0.348 e. The van der Waals surface area contributed by atoms with Crippen LogP contribution < -0.4 is 5.32 Å². The van der Waals surface area contributed by atoms with E-state index in [0.29, 0.717) is 24.8 Å². The molecule has 1 aromatic heterocycles. The largest absolute Gasteiger partial charge is 0.348 e. The Bertz CT molecular complexity index is 560. The predicted molar refractivity (Wildman–Crippen MR) is 77.8 cm³/mol. The summed E-state index contributed by atoms with van der Waals surface area (Å²) in [5.41, 5.74) is 0.467. The van der Waals surface area contributed by atoms with Gasteiger partial charge in [-0.05, 0) is 19.8 Å². The quantitative estimate of drug-likeness (QED) is 0.897. The first kappa shape index (κ1) is 14.1. The summed E-state index contributed by atoms with van der Waals surface area (Å²) in [5, 5.41) is 3.06. The molecular formula is C15H22N4O2. The minimum atomic E-state index is -0.0922. The summed E-state index contributed by atoms with van der Waals surface area (Å²) in [5.74, 6) is 0.757. The Labute approximate surface area is 124 Å². The first-order valence-corrected chi connectivity index (χ1v) is 7.71. The Morgan fingerprint density at radius 1 is 1.29 bits per heavy atom. The summed E-state index contributed by atoms with van der Waals surface area (Å²) in [6.07, 6.45) is 6.32. The molecule has 1 atom stereocenters. The highest BCUT2D eigenvalue weighted by Gasteiger charge is 2.29. The zero-order chi connectivity index (χ0) is 15.0. The van der Waals surface area contributed by atoms with Crippen molar-refractivity contribution in [2.75, 3.05) is 6.54 Å². The second kappa shape index (κ2) is 5.50. The fourth-order valence-electron chi connectivity index (χ4n) is 3.36. The second-order valence-corrected chi connectivity index (χ2v) is 6.02. The molecule has 0 aromatic carbocycles. The number of aromatic nitrogens is 2. The lowest BCUT2D eigenvalue weighted by Gasteiger charge is -2.32. The summed E-state index contributed by atoms with van der Waals surface area (Å²) in [6, 6.07) is 0.214. The molecule has 3 rings (SSSR count). The molecule has 114 valence electrons. The molecule has 0 bridgehead atoms. The van der Waals surface area contributed by atoms with Crippen molar-refractivity contribution in [1.82, 2.24) is 19.8 Å². The van der Waals surface area contributed by atoms with E-state index in [0.717, 1.165) is 18.7 Å². The zero-order valence-corrected chi connectivity index (χ0v) is 12.6. The normalized spacial score (nSPS) is 22.2. The average Bonchev–Trinajstić information content (AvgIpc) is 3.07. The Kier molecular flexibility index (Phi) is 3.69. The van der Waals surface area contributed by atoms with Gasteiger partial charge in [0.1, 0.15) is 11.5 Å². The Morgan fingerprint density at radius 2 is 2.00 bits per heavy atom. The second-order valence-electron chi connectivity index (χ2n) is 6.02. The number of fused-ring (bicyclic) bond motifs is 1. The molecule has 0 radical (unpaired) electrons. The van der Waals surface area contributed by atoms with Crippen LogP contribution in [0.25, 0.3) is 0 Å². The van der Waals surface area contributed by atoms with Gasteiger partial charge in [0.05, 0.1) is 6.04 Å². The summed E-state index contributed by atoms with van der Waals surface area (Å²) in [7, 11) is 0. The monoisotopic (exact) mass is 290 g/mol. The number of hydrogen-bond donors (Lipinski definition) is 1. The van der Waals surface area contributed by atoms with Crippen LogP contribution in [-0.2, 0) is 11.3 Å². The number of hydrogen-bond acceptors (Lipinski definition) is 3. The number of amides is 2. The predicted octanol–water partition coefficient (Wildman–Crippen LogP) is 1.48. The van der Waals surface area contributed by atoms with Gasteiger partial charge in [-0.2, -0.15) is 0 Å². The van der Waals surface area contributed by atoms with E-state index in [1.807, 2.05) is 17.7 Å². The molecule has 6 nitrogen and oxygen atoms in total. The molecule has 21 heavy (non-hydrogen) atoms. The first-order chi connectivity index (χ1) is 10.1. The van der Waals surface area contributed by atoms with E-state index in [1.54, 1.807) is 11.8 Å². The lowest BCUT2D eigenvalue weighted by Crippen LogP contribution is -2.39. The van der Waals surface area contributed by atoms with Gasteiger partial charge >= 0.3 is 0 Å². The van der Waals surface area contributed by atoms with Crippen LogP contribution in [0.15, 0.2) is 6.20 Å². The molecule has 1 saturated carbocycles. The molecule has 0 unspecified atom stereocenters. The van der Waals surface area contributed by atoms with Crippen molar-refractivity contribution < 1.29 is 9.59 Å². The van der Waals surface area contributed by atoms with Gasteiger partial charge in [0.25, 0.3) is 5.91 Å². The lowest BCUT2D eigenvalue weighted by atomic mass is 10.2. The standard InChI is InChI=1S/C15H22N4O2/c1-10-14-17-13(15(21)16-12-5-3-4-6-12)9-18(14)7-8-19(10)11(2)20/h9-10,12H,3-8H2,1-2H3,(H,16,21)/t10-/m1/s1. The van der Waals surface area contributed by atoms with Crippen LogP contribution in [0.5, 0.6) is 0 Å². The lowest BCUT2D eigenvalue weighted by molar-refractivity contribution is -0.132. The van der Waals surface area contributed by atoms with Gasteiger partial charge in [-0.1, -0.05) is 12.8 Å². The van der Waals surface area contributed by atoms with Gasteiger partial charge in [0.15, 0.2) is 0 Å². The Balaban J connectivity index is 1.76. The van der Waals surface area contributed by atoms with Crippen molar-refractivity contribution >= 4 is 11.8 Å². The van der Waals surface area contributed by atoms with Gasteiger partial charge in [-0.25, -0.2) is 4.98 Å². The van der Waals surface area contributed by atoms with Gasteiger partial charge < -0.3 is 14.8 Å². The molecule has 1 N–H and O–H groups in total. The minimum absolute atomic E-state index is 0.0497. The molecule has 6 heteroatoms. The van der Waals surface area contributed by atoms with Crippen LogP contribution in [0.1, 0.15) is 61.9 Å². The fourth-order valence-corrected chi connectivity index (χ4v) is 3.36. The zero-order valence-electron chi connectivity index (χ0n) is 12.6. The summed E-state index contributed by atoms with van der Waals surface area (Å²) in [6.45, 7) is 4.90. The number of imidazole rings is 1. The van der Waals surface area contributed by atoms with Crippen LogP contribution in [0, 0.1) is 0 Å². The molecule has 2 aliphatic rings. The maximum absolute atomic E-state index is 12.3. The van der Waals surface area contributed by atoms with Gasteiger partial charge in [-0.3, -0.25) is 9.59 Å². The van der Waals surface area contributed by atoms with Crippen LogP contribution in [0.4, 0.5) is 0 Å². The summed E-state index contributed by atoms with van der Waals surface area (Å²) < 4.78 is 1.99. The van der Waals surface area contributed by atoms with Crippen molar-refractivity contribution in [3.8, 4) is 0 Å². The molecule has 2 heterocycles. The smallest absolute Gasteiger partial charge is 0.271 e. The maximum atomic E-state index is 12.3. The Hall–Kier alpha value is -1.85. The highest BCUT2D eigenvalue weighted by molar-refractivity contribution is 5.92. The van der Waals surface area contributed by atoms with Crippen LogP contribution in [0.2, 0.25) is 0 Å². The van der Waals surface area contributed by atoms with Crippen molar-refractivity contribution in [1.29, 1.82) is 0 Å².